The van der Waals surface area contributed by atoms with Crippen LogP contribution in [0.15, 0.2) is 11.8 Å². The molecule has 1 aliphatic heterocycles. The van der Waals surface area contributed by atoms with Crippen molar-refractivity contribution in [1.29, 1.82) is 0 Å². The van der Waals surface area contributed by atoms with E-state index >= 15 is 0 Å². The third-order valence-electron chi connectivity index (χ3n) is 1.26. The first-order valence-corrected chi connectivity index (χ1v) is 3.18. The van der Waals surface area contributed by atoms with Crippen LogP contribution in [0.25, 0.3) is 0 Å². The van der Waals surface area contributed by atoms with E-state index in [-0.39, 0.29) is 12.4 Å². The van der Waals surface area contributed by atoms with Crippen molar-refractivity contribution in [2.75, 3.05) is 27.3 Å². The van der Waals surface area contributed by atoms with Gasteiger partial charge < -0.3 is 9.64 Å². The van der Waals surface area contributed by atoms with Crippen molar-refractivity contribution in [3.05, 3.63) is 11.8 Å². The van der Waals surface area contributed by atoms with Crippen molar-refractivity contribution in [2.24, 2.45) is 0 Å². The van der Waals surface area contributed by atoms with Crippen LogP contribution in [0.4, 0.5) is 0 Å². The van der Waals surface area contributed by atoms with Crippen LogP contribution in [0.5, 0.6) is 0 Å². The summed E-state index contributed by atoms with van der Waals surface area (Å²) in [5, 5.41) is 0. The summed E-state index contributed by atoms with van der Waals surface area (Å²) in [6.07, 6.45) is 1.80. The number of nitrogens with zero attached hydrogens (tertiary/aromatic N) is 1. The zero-order valence-corrected chi connectivity index (χ0v) is 6.26. The van der Waals surface area contributed by atoms with E-state index in [4.69, 9.17) is 4.74 Å². The van der Waals surface area contributed by atoms with Gasteiger partial charge in [0.1, 0.15) is 6.61 Å². The number of carbonyl (C=O) groups is 1. The first kappa shape index (κ1) is 7.28. The lowest BCUT2D eigenvalue weighted by Gasteiger charge is -2.04. The van der Waals surface area contributed by atoms with Gasteiger partial charge in [0.05, 0.1) is 6.61 Å². The van der Waals surface area contributed by atoms with Gasteiger partial charge in [-0.2, -0.15) is 0 Å². The molecule has 0 aromatic rings. The number of Topliss-reactive ketones (excluding diaryl/α,β-unsaturated/α-hetero) is 1. The van der Waals surface area contributed by atoms with E-state index in [1.54, 1.807) is 6.20 Å². The normalized spacial score (nSPS) is 22.2. The summed E-state index contributed by atoms with van der Waals surface area (Å²) < 4.78 is 4.93. The Balaban J connectivity index is 2.62. The third-order valence-corrected chi connectivity index (χ3v) is 1.26. The Labute approximate surface area is 60.3 Å². The van der Waals surface area contributed by atoms with Crippen LogP contribution in [0.3, 0.4) is 0 Å². The Kier molecular flexibility index (Phi) is 2.06. The summed E-state index contributed by atoms with van der Waals surface area (Å²) in [5.41, 5.74) is 0.769. The second-order valence-corrected chi connectivity index (χ2v) is 2.53. The van der Waals surface area contributed by atoms with Crippen molar-refractivity contribution in [3.63, 3.8) is 0 Å². The predicted octanol–water partition coefficient (Wildman–Crippen LogP) is 0.0312. The Hall–Kier alpha value is -0.830. The quantitative estimate of drug-likeness (QED) is 0.482. The highest BCUT2D eigenvalue weighted by Gasteiger charge is 2.17. The highest BCUT2D eigenvalue weighted by molar-refractivity contribution is 5.98. The van der Waals surface area contributed by atoms with Gasteiger partial charge in [-0.05, 0) is 0 Å². The Morgan fingerprint density at radius 1 is 1.50 bits per heavy atom. The smallest absolute Gasteiger partial charge is 0.188 e. The highest BCUT2D eigenvalue weighted by Crippen LogP contribution is 2.06. The molecule has 0 spiro atoms. The average Bonchev–Trinajstić information content (AvgIpc) is 2.15. The van der Waals surface area contributed by atoms with E-state index in [0.717, 1.165) is 5.57 Å². The van der Waals surface area contributed by atoms with Gasteiger partial charge in [-0.1, -0.05) is 0 Å². The second-order valence-electron chi connectivity index (χ2n) is 2.53. The molecule has 0 atom stereocenters. The largest absolute Gasteiger partial charge is 0.383 e. The van der Waals surface area contributed by atoms with Gasteiger partial charge in [-0.25, -0.2) is 0 Å². The van der Waals surface area contributed by atoms with Crippen LogP contribution in [0, 0.1) is 0 Å². The molecule has 10 heavy (non-hydrogen) atoms. The Bertz CT molecular complexity index is 172. The van der Waals surface area contributed by atoms with Gasteiger partial charge in [-0.3, -0.25) is 4.79 Å². The molecule has 0 bridgehead atoms. The minimum atomic E-state index is 0.105. The summed E-state index contributed by atoms with van der Waals surface area (Å²) >= 11 is 0. The average molecular weight is 141 g/mol. The molecule has 3 heteroatoms. The van der Waals surface area contributed by atoms with Crippen LogP contribution in [-0.2, 0) is 9.53 Å². The van der Waals surface area contributed by atoms with Gasteiger partial charge in [0.2, 0.25) is 0 Å². The predicted molar refractivity (Wildman–Crippen MR) is 37.6 cm³/mol. The van der Waals surface area contributed by atoms with Crippen molar-refractivity contribution < 1.29 is 9.53 Å². The zero-order valence-electron chi connectivity index (χ0n) is 6.26. The first-order valence-electron chi connectivity index (χ1n) is 3.18. The van der Waals surface area contributed by atoms with E-state index in [2.05, 4.69) is 0 Å². The number of hydrogen-bond donors (Lipinski definition) is 0. The SMILES string of the molecule is CN(C)/C=C1/COCC1=O. The van der Waals surface area contributed by atoms with Crippen molar-refractivity contribution in [2.45, 2.75) is 0 Å². The molecular formula is C7H11NO2. The van der Waals surface area contributed by atoms with Gasteiger partial charge in [0.25, 0.3) is 0 Å². The summed E-state index contributed by atoms with van der Waals surface area (Å²) in [6, 6.07) is 0. The number of rotatable bonds is 1. The zero-order chi connectivity index (χ0) is 7.56. The molecule has 1 fully saturated rings. The molecule has 3 nitrogen and oxygen atoms in total. The van der Waals surface area contributed by atoms with Crippen molar-refractivity contribution in [1.82, 2.24) is 4.90 Å². The van der Waals surface area contributed by atoms with Crippen molar-refractivity contribution in [3.8, 4) is 0 Å². The topological polar surface area (TPSA) is 29.5 Å². The van der Waals surface area contributed by atoms with Crippen LogP contribution in [0.2, 0.25) is 0 Å². The fourth-order valence-electron chi connectivity index (χ4n) is 0.848. The van der Waals surface area contributed by atoms with E-state index in [9.17, 15) is 4.79 Å². The molecule has 0 unspecified atom stereocenters. The molecule has 0 radical (unpaired) electrons. The molecule has 0 amide bonds. The monoisotopic (exact) mass is 141 g/mol. The van der Waals surface area contributed by atoms with E-state index in [1.165, 1.54) is 0 Å². The maximum absolute atomic E-state index is 10.9. The summed E-state index contributed by atoms with van der Waals surface area (Å²) in [6.45, 7) is 0.719. The second kappa shape index (κ2) is 2.84. The van der Waals surface area contributed by atoms with Gasteiger partial charge in [0, 0.05) is 25.9 Å². The van der Waals surface area contributed by atoms with Gasteiger partial charge in [-0.15, -0.1) is 0 Å². The summed E-state index contributed by atoms with van der Waals surface area (Å²) in [7, 11) is 3.78. The number of ether oxygens (including phenoxy) is 1. The molecule has 1 rings (SSSR count). The lowest BCUT2D eigenvalue weighted by atomic mass is 10.2. The van der Waals surface area contributed by atoms with Crippen LogP contribution in [-0.4, -0.2) is 38.0 Å². The molecular weight excluding hydrogens is 130 g/mol. The maximum atomic E-state index is 10.9. The molecule has 0 aromatic heterocycles. The molecule has 1 aliphatic rings. The summed E-state index contributed by atoms with van der Waals surface area (Å²) in [5.74, 6) is 0.105. The van der Waals surface area contributed by atoms with Gasteiger partial charge in [0.15, 0.2) is 5.78 Å². The van der Waals surface area contributed by atoms with Crippen LogP contribution < -0.4 is 0 Å². The first-order chi connectivity index (χ1) is 4.70. The minimum Gasteiger partial charge on any atom is -0.383 e. The third kappa shape index (κ3) is 1.57. The molecule has 0 saturated carbocycles. The number of hydrogen-bond acceptors (Lipinski definition) is 3. The molecule has 1 saturated heterocycles. The van der Waals surface area contributed by atoms with Crippen molar-refractivity contribution >= 4 is 5.78 Å². The standard InChI is InChI=1S/C7H11NO2/c1-8(2)3-6-4-10-5-7(6)9/h3H,4-5H2,1-2H3/b6-3-. The fraction of sp³-hybridized carbons (Fsp3) is 0.571. The molecule has 56 valence electrons. The Morgan fingerprint density at radius 2 is 2.20 bits per heavy atom. The van der Waals surface area contributed by atoms with Crippen LogP contribution >= 0.6 is 0 Å². The highest BCUT2D eigenvalue weighted by atomic mass is 16.5. The van der Waals surface area contributed by atoms with Gasteiger partial charge >= 0.3 is 0 Å². The van der Waals surface area contributed by atoms with Crippen LogP contribution in [0.1, 0.15) is 0 Å². The molecule has 0 aromatic carbocycles. The number of ketones is 1. The van der Waals surface area contributed by atoms with E-state index < -0.39 is 0 Å². The molecule has 0 aliphatic carbocycles. The lowest BCUT2D eigenvalue weighted by molar-refractivity contribution is -0.115. The van der Waals surface area contributed by atoms with E-state index in [0.29, 0.717) is 6.61 Å². The number of carbonyl (C=O) groups excluding carboxylic acids is 1. The Morgan fingerprint density at radius 3 is 2.60 bits per heavy atom. The molecule has 0 N–H and O–H groups in total. The lowest BCUT2D eigenvalue weighted by Crippen LogP contribution is -2.07. The fourth-order valence-corrected chi connectivity index (χ4v) is 0.848. The minimum absolute atomic E-state index is 0.105. The summed E-state index contributed by atoms with van der Waals surface area (Å²) in [4.78, 5) is 12.7. The van der Waals surface area contributed by atoms with E-state index in [1.807, 2.05) is 19.0 Å². The molecule has 1 heterocycles. The maximum Gasteiger partial charge on any atom is 0.188 e.